The van der Waals surface area contributed by atoms with E-state index in [1.165, 1.54) is 0 Å². The first-order chi connectivity index (χ1) is 13.2. The van der Waals surface area contributed by atoms with Crippen molar-refractivity contribution in [3.05, 3.63) is 77.5 Å². The topological polar surface area (TPSA) is 59.0 Å². The summed E-state index contributed by atoms with van der Waals surface area (Å²) in [6.45, 7) is 1.40. The number of rotatable bonds is 3. The number of benzene rings is 1. The first kappa shape index (κ1) is 17.6. The highest BCUT2D eigenvalue weighted by Crippen LogP contribution is 2.28. The number of piperidine rings is 1. The fourth-order valence-electron chi connectivity index (χ4n) is 3.44. The van der Waals surface area contributed by atoms with Gasteiger partial charge in [0.05, 0.1) is 23.1 Å². The zero-order valence-electron chi connectivity index (χ0n) is 14.8. The molecule has 0 spiro atoms. The molecule has 1 fully saturated rings. The zero-order chi connectivity index (χ0) is 18.6. The number of aromatic nitrogens is 3. The van der Waals surface area contributed by atoms with Crippen LogP contribution in [-0.2, 0) is 0 Å². The monoisotopic (exact) mass is 378 g/mol. The minimum absolute atomic E-state index is 0.0201. The molecule has 0 bridgehead atoms. The van der Waals surface area contributed by atoms with E-state index >= 15 is 0 Å². The maximum atomic E-state index is 12.7. The van der Waals surface area contributed by atoms with E-state index in [4.69, 9.17) is 16.6 Å². The van der Waals surface area contributed by atoms with Crippen LogP contribution in [0.5, 0.6) is 0 Å². The molecule has 1 amide bonds. The molecule has 3 aromatic rings. The van der Waals surface area contributed by atoms with E-state index < -0.39 is 0 Å². The van der Waals surface area contributed by atoms with Crippen molar-refractivity contribution < 1.29 is 4.79 Å². The van der Waals surface area contributed by atoms with Crippen molar-refractivity contribution in [1.29, 1.82) is 0 Å². The van der Waals surface area contributed by atoms with Gasteiger partial charge in [-0.05, 0) is 37.1 Å². The predicted molar refractivity (Wildman–Crippen MR) is 105 cm³/mol. The van der Waals surface area contributed by atoms with E-state index in [1.54, 1.807) is 36.9 Å². The highest BCUT2D eigenvalue weighted by Gasteiger charge is 2.26. The van der Waals surface area contributed by atoms with Gasteiger partial charge >= 0.3 is 0 Å². The van der Waals surface area contributed by atoms with Crippen LogP contribution in [0.4, 0.5) is 0 Å². The molecule has 1 aromatic carbocycles. The summed E-state index contributed by atoms with van der Waals surface area (Å²) in [4.78, 5) is 27.9. The SMILES string of the molecule is O=C(c1cccnc1)N1CCC[C@H](c2cncc(-c3cccc(Cl)c3)n2)C1. The molecular formula is C21H19ClN4O. The van der Waals surface area contributed by atoms with Gasteiger partial charge in [-0.15, -0.1) is 0 Å². The molecule has 0 N–H and O–H groups in total. The molecule has 1 aliphatic rings. The first-order valence-corrected chi connectivity index (χ1v) is 9.36. The van der Waals surface area contributed by atoms with E-state index in [9.17, 15) is 4.79 Å². The third-order valence-corrected chi connectivity index (χ3v) is 5.04. The van der Waals surface area contributed by atoms with Crippen LogP contribution < -0.4 is 0 Å². The smallest absolute Gasteiger partial charge is 0.255 e. The van der Waals surface area contributed by atoms with E-state index in [-0.39, 0.29) is 11.8 Å². The molecule has 27 heavy (non-hydrogen) atoms. The van der Waals surface area contributed by atoms with Crippen LogP contribution in [-0.4, -0.2) is 38.8 Å². The van der Waals surface area contributed by atoms with Gasteiger partial charge in [0, 0.05) is 48.2 Å². The maximum absolute atomic E-state index is 12.7. The molecule has 3 heterocycles. The molecule has 0 aliphatic carbocycles. The molecule has 5 nitrogen and oxygen atoms in total. The fraction of sp³-hybridized carbons (Fsp3) is 0.238. The van der Waals surface area contributed by atoms with Gasteiger partial charge in [-0.2, -0.15) is 0 Å². The van der Waals surface area contributed by atoms with Gasteiger partial charge in [-0.25, -0.2) is 4.98 Å². The van der Waals surface area contributed by atoms with Gasteiger partial charge in [0.1, 0.15) is 0 Å². The van der Waals surface area contributed by atoms with Crippen molar-refractivity contribution in [2.45, 2.75) is 18.8 Å². The van der Waals surface area contributed by atoms with E-state index in [2.05, 4.69) is 9.97 Å². The number of carbonyl (C=O) groups excluding carboxylic acids is 1. The number of pyridine rings is 1. The lowest BCUT2D eigenvalue weighted by Gasteiger charge is -2.32. The summed E-state index contributed by atoms with van der Waals surface area (Å²) in [7, 11) is 0. The number of hydrogen-bond acceptors (Lipinski definition) is 4. The Kier molecular flexibility index (Phi) is 5.12. The minimum atomic E-state index is 0.0201. The van der Waals surface area contributed by atoms with Gasteiger partial charge in [0.2, 0.25) is 0 Å². The van der Waals surface area contributed by atoms with Gasteiger partial charge in [-0.1, -0.05) is 23.7 Å². The molecule has 0 unspecified atom stereocenters. The quantitative estimate of drug-likeness (QED) is 0.685. The molecule has 2 aromatic heterocycles. The Bertz CT molecular complexity index is 948. The molecular weight excluding hydrogens is 360 g/mol. The lowest BCUT2D eigenvalue weighted by Crippen LogP contribution is -2.39. The van der Waals surface area contributed by atoms with E-state index in [0.29, 0.717) is 17.1 Å². The van der Waals surface area contributed by atoms with Crippen LogP contribution in [0.25, 0.3) is 11.3 Å². The molecule has 6 heteroatoms. The van der Waals surface area contributed by atoms with Crippen molar-refractivity contribution in [2.24, 2.45) is 0 Å². The second-order valence-corrected chi connectivity index (χ2v) is 7.11. The lowest BCUT2D eigenvalue weighted by atomic mass is 9.94. The molecule has 1 atom stereocenters. The Balaban J connectivity index is 1.55. The zero-order valence-corrected chi connectivity index (χ0v) is 15.5. The van der Waals surface area contributed by atoms with Gasteiger partial charge < -0.3 is 4.90 Å². The number of carbonyl (C=O) groups is 1. The van der Waals surface area contributed by atoms with Crippen LogP contribution in [0.15, 0.2) is 61.2 Å². The summed E-state index contributed by atoms with van der Waals surface area (Å²) in [6.07, 6.45) is 8.77. The van der Waals surface area contributed by atoms with Crippen LogP contribution >= 0.6 is 11.6 Å². The van der Waals surface area contributed by atoms with E-state index in [0.717, 1.165) is 36.3 Å². The average molecular weight is 379 g/mol. The van der Waals surface area contributed by atoms with Crippen molar-refractivity contribution in [2.75, 3.05) is 13.1 Å². The highest BCUT2D eigenvalue weighted by atomic mass is 35.5. The fourth-order valence-corrected chi connectivity index (χ4v) is 3.63. The second-order valence-electron chi connectivity index (χ2n) is 6.67. The van der Waals surface area contributed by atoms with Crippen LogP contribution in [0.1, 0.15) is 34.8 Å². The number of hydrogen-bond donors (Lipinski definition) is 0. The largest absolute Gasteiger partial charge is 0.338 e. The summed E-state index contributed by atoms with van der Waals surface area (Å²) in [6, 6.07) is 11.2. The van der Waals surface area contributed by atoms with Crippen molar-refractivity contribution in [1.82, 2.24) is 19.9 Å². The average Bonchev–Trinajstić information content (AvgIpc) is 2.74. The normalized spacial score (nSPS) is 16.9. The summed E-state index contributed by atoms with van der Waals surface area (Å²) < 4.78 is 0. The molecule has 136 valence electrons. The third-order valence-electron chi connectivity index (χ3n) is 4.81. The number of nitrogens with zero attached hydrogens (tertiary/aromatic N) is 4. The molecule has 4 rings (SSSR count). The van der Waals surface area contributed by atoms with Crippen LogP contribution in [0, 0.1) is 0 Å². The first-order valence-electron chi connectivity index (χ1n) is 8.98. The van der Waals surface area contributed by atoms with Crippen LogP contribution in [0.3, 0.4) is 0 Å². The maximum Gasteiger partial charge on any atom is 0.255 e. The predicted octanol–water partition coefficient (Wildman–Crippen LogP) is 4.21. The third kappa shape index (κ3) is 3.98. The summed E-state index contributed by atoms with van der Waals surface area (Å²) >= 11 is 6.10. The summed E-state index contributed by atoms with van der Waals surface area (Å²) in [5.74, 6) is 0.192. The number of halogens is 1. The Morgan fingerprint density at radius 1 is 1.11 bits per heavy atom. The Morgan fingerprint density at radius 3 is 2.85 bits per heavy atom. The van der Waals surface area contributed by atoms with E-state index in [1.807, 2.05) is 29.2 Å². The van der Waals surface area contributed by atoms with Crippen LogP contribution in [0.2, 0.25) is 5.02 Å². The lowest BCUT2D eigenvalue weighted by molar-refractivity contribution is 0.0705. The summed E-state index contributed by atoms with van der Waals surface area (Å²) in [5.41, 5.74) is 3.27. The number of likely N-dealkylation sites (tertiary alicyclic amines) is 1. The Labute approximate surface area is 163 Å². The Morgan fingerprint density at radius 2 is 2.04 bits per heavy atom. The van der Waals surface area contributed by atoms with Crippen molar-refractivity contribution in [3.8, 4) is 11.3 Å². The second kappa shape index (κ2) is 7.84. The van der Waals surface area contributed by atoms with Gasteiger partial charge in [0.15, 0.2) is 0 Å². The molecule has 1 saturated heterocycles. The Hall–Kier alpha value is -2.79. The van der Waals surface area contributed by atoms with Crippen molar-refractivity contribution in [3.63, 3.8) is 0 Å². The minimum Gasteiger partial charge on any atom is -0.338 e. The van der Waals surface area contributed by atoms with Crippen molar-refractivity contribution >= 4 is 17.5 Å². The standard InChI is InChI=1S/C21H19ClN4O/c22-18-7-1-4-15(10-18)19-12-24-13-20(25-19)17-6-3-9-26(14-17)21(27)16-5-2-8-23-11-16/h1-2,4-5,7-8,10-13,17H,3,6,9,14H2/t17-/m0/s1. The van der Waals surface area contributed by atoms with Gasteiger partial charge in [-0.3, -0.25) is 14.8 Å². The molecule has 0 saturated carbocycles. The molecule has 1 aliphatic heterocycles. The summed E-state index contributed by atoms with van der Waals surface area (Å²) in [5, 5.41) is 0.672. The molecule has 0 radical (unpaired) electrons. The highest BCUT2D eigenvalue weighted by molar-refractivity contribution is 6.30. The van der Waals surface area contributed by atoms with Gasteiger partial charge in [0.25, 0.3) is 5.91 Å². The number of amides is 1.